The largest absolute Gasteiger partial charge is 0.325 e. The van der Waals surface area contributed by atoms with Crippen LogP contribution in [0, 0.1) is 6.92 Å². The average Bonchev–Trinajstić information content (AvgIpc) is 2.85. The lowest BCUT2D eigenvalue weighted by Gasteiger charge is -2.13. The first-order valence-corrected chi connectivity index (χ1v) is 8.37. The van der Waals surface area contributed by atoms with Crippen molar-refractivity contribution in [1.29, 1.82) is 0 Å². The normalized spacial score (nSPS) is 18.8. The van der Waals surface area contributed by atoms with Crippen molar-refractivity contribution in [2.75, 3.05) is 22.8 Å². The predicted octanol–water partition coefficient (Wildman–Crippen LogP) is 1.06. The summed E-state index contributed by atoms with van der Waals surface area (Å²) in [4.78, 5) is 12.0. The maximum Gasteiger partial charge on any atom is 0.241 e. The monoisotopic (exact) mass is 297 g/mol. The second kappa shape index (κ2) is 5.80. The Bertz CT molecular complexity index is 607. The van der Waals surface area contributed by atoms with Crippen LogP contribution in [-0.2, 0) is 14.8 Å². The molecule has 20 heavy (non-hydrogen) atoms. The zero-order valence-corrected chi connectivity index (χ0v) is 12.4. The number of carbonyl (C=O) groups excluding carboxylic acids is 1. The van der Waals surface area contributed by atoms with Crippen LogP contribution in [0.2, 0.25) is 0 Å². The summed E-state index contributed by atoms with van der Waals surface area (Å²) in [6, 6.07) is 4.95. The van der Waals surface area contributed by atoms with Gasteiger partial charge in [-0.15, -0.1) is 0 Å². The molecule has 1 atom stereocenters. The fourth-order valence-electron chi connectivity index (χ4n) is 2.19. The summed E-state index contributed by atoms with van der Waals surface area (Å²) in [6.45, 7) is 2.66. The summed E-state index contributed by atoms with van der Waals surface area (Å²) in [6.07, 6.45) is 2.96. The molecule has 1 aromatic carbocycles. The summed E-state index contributed by atoms with van der Waals surface area (Å²) in [7, 11) is -3.30. The Hall–Kier alpha value is -1.60. The second-order valence-corrected chi connectivity index (χ2v) is 6.79. The Morgan fingerprint density at radius 2 is 2.15 bits per heavy atom. The van der Waals surface area contributed by atoms with Gasteiger partial charge in [0.25, 0.3) is 0 Å². The molecule has 0 saturated carbocycles. The van der Waals surface area contributed by atoms with E-state index in [4.69, 9.17) is 0 Å². The lowest BCUT2D eigenvalue weighted by molar-refractivity contribution is -0.117. The van der Waals surface area contributed by atoms with E-state index in [9.17, 15) is 13.2 Å². The zero-order chi connectivity index (χ0) is 14.8. The van der Waals surface area contributed by atoms with Crippen molar-refractivity contribution in [2.45, 2.75) is 25.8 Å². The molecule has 110 valence electrons. The van der Waals surface area contributed by atoms with Gasteiger partial charge >= 0.3 is 0 Å². The number of rotatable bonds is 4. The smallest absolute Gasteiger partial charge is 0.241 e. The minimum Gasteiger partial charge on any atom is -0.325 e. The molecule has 0 spiro atoms. The van der Waals surface area contributed by atoms with E-state index >= 15 is 0 Å². The van der Waals surface area contributed by atoms with Crippen LogP contribution >= 0.6 is 0 Å². The number of sulfonamides is 1. The van der Waals surface area contributed by atoms with Gasteiger partial charge in [0.15, 0.2) is 0 Å². The van der Waals surface area contributed by atoms with E-state index < -0.39 is 10.0 Å². The number of hydrogen-bond acceptors (Lipinski definition) is 4. The van der Waals surface area contributed by atoms with Gasteiger partial charge < -0.3 is 10.6 Å². The molecule has 1 fully saturated rings. The molecule has 1 aliphatic heterocycles. The molecule has 2 rings (SSSR count). The molecule has 0 aliphatic carbocycles. The van der Waals surface area contributed by atoms with Gasteiger partial charge in [-0.1, -0.05) is 0 Å². The molecule has 1 aromatic rings. The number of amides is 1. The summed E-state index contributed by atoms with van der Waals surface area (Å²) < 4.78 is 24.8. The first-order valence-electron chi connectivity index (χ1n) is 6.48. The van der Waals surface area contributed by atoms with Gasteiger partial charge in [0, 0.05) is 5.69 Å². The summed E-state index contributed by atoms with van der Waals surface area (Å²) >= 11 is 0. The van der Waals surface area contributed by atoms with Crippen molar-refractivity contribution >= 4 is 27.3 Å². The van der Waals surface area contributed by atoms with E-state index in [-0.39, 0.29) is 11.9 Å². The van der Waals surface area contributed by atoms with Gasteiger partial charge in [-0.25, -0.2) is 8.42 Å². The fourth-order valence-corrected chi connectivity index (χ4v) is 2.82. The van der Waals surface area contributed by atoms with E-state index in [1.54, 1.807) is 25.1 Å². The van der Waals surface area contributed by atoms with Crippen molar-refractivity contribution in [2.24, 2.45) is 0 Å². The van der Waals surface area contributed by atoms with Crippen LogP contribution in [0.3, 0.4) is 0 Å². The van der Waals surface area contributed by atoms with Crippen LogP contribution in [0.25, 0.3) is 0 Å². The topological polar surface area (TPSA) is 87.3 Å². The quantitative estimate of drug-likeness (QED) is 0.775. The van der Waals surface area contributed by atoms with Crippen LogP contribution in [-0.4, -0.2) is 33.2 Å². The summed E-state index contributed by atoms with van der Waals surface area (Å²) in [5.41, 5.74) is 1.94. The standard InChI is InChI=1S/C13H19N3O3S/c1-9-8-10(5-6-11(9)16-20(2,18)19)15-13(17)12-4-3-7-14-12/h5-6,8,12,14,16H,3-4,7H2,1-2H3,(H,15,17)/t12-/m0/s1. The van der Waals surface area contributed by atoms with Crippen LogP contribution in [0.4, 0.5) is 11.4 Å². The molecular formula is C13H19N3O3S. The van der Waals surface area contributed by atoms with Crippen LogP contribution in [0.15, 0.2) is 18.2 Å². The van der Waals surface area contributed by atoms with Crippen LogP contribution in [0.5, 0.6) is 0 Å². The minimum atomic E-state index is -3.30. The van der Waals surface area contributed by atoms with Crippen molar-refractivity contribution in [3.63, 3.8) is 0 Å². The Morgan fingerprint density at radius 3 is 2.70 bits per heavy atom. The Balaban J connectivity index is 2.07. The van der Waals surface area contributed by atoms with Gasteiger partial charge in [0.05, 0.1) is 18.0 Å². The highest BCUT2D eigenvalue weighted by molar-refractivity contribution is 7.92. The van der Waals surface area contributed by atoms with Crippen molar-refractivity contribution in [1.82, 2.24) is 5.32 Å². The molecule has 3 N–H and O–H groups in total. The van der Waals surface area contributed by atoms with E-state index in [2.05, 4.69) is 15.4 Å². The first-order chi connectivity index (χ1) is 9.35. The number of hydrogen-bond donors (Lipinski definition) is 3. The summed E-state index contributed by atoms with van der Waals surface area (Å²) in [5, 5.41) is 5.97. The number of benzene rings is 1. The summed E-state index contributed by atoms with van der Waals surface area (Å²) in [5.74, 6) is -0.0503. The van der Waals surface area contributed by atoms with E-state index in [0.29, 0.717) is 11.4 Å². The van der Waals surface area contributed by atoms with Crippen molar-refractivity contribution in [3.8, 4) is 0 Å². The van der Waals surface area contributed by atoms with Gasteiger partial charge in [-0.05, 0) is 50.1 Å². The highest BCUT2D eigenvalue weighted by Gasteiger charge is 2.21. The van der Waals surface area contributed by atoms with Gasteiger partial charge in [0.2, 0.25) is 15.9 Å². The third kappa shape index (κ3) is 3.94. The highest BCUT2D eigenvalue weighted by Crippen LogP contribution is 2.21. The van der Waals surface area contributed by atoms with E-state index in [1.165, 1.54) is 0 Å². The molecule has 0 radical (unpaired) electrons. The lowest BCUT2D eigenvalue weighted by atomic mass is 10.1. The maximum atomic E-state index is 12.0. The van der Waals surface area contributed by atoms with Gasteiger partial charge in [0.1, 0.15) is 0 Å². The number of aryl methyl sites for hydroxylation is 1. The molecule has 1 aliphatic rings. The predicted molar refractivity (Wildman–Crippen MR) is 79.3 cm³/mol. The van der Waals surface area contributed by atoms with Gasteiger partial charge in [-0.3, -0.25) is 9.52 Å². The molecule has 0 bridgehead atoms. The molecule has 1 amide bonds. The Labute approximate surface area is 119 Å². The number of nitrogens with one attached hydrogen (secondary N) is 3. The average molecular weight is 297 g/mol. The van der Waals surface area contributed by atoms with Crippen molar-refractivity contribution in [3.05, 3.63) is 23.8 Å². The second-order valence-electron chi connectivity index (χ2n) is 5.04. The molecule has 6 nitrogen and oxygen atoms in total. The third-order valence-corrected chi connectivity index (χ3v) is 3.76. The van der Waals surface area contributed by atoms with Crippen molar-refractivity contribution < 1.29 is 13.2 Å². The molecule has 7 heteroatoms. The SMILES string of the molecule is Cc1cc(NC(=O)[C@@H]2CCCN2)ccc1NS(C)(=O)=O. The fraction of sp³-hybridized carbons (Fsp3) is 0.462. The Kier molecular flexibility index (Phi) is 4.29. The number of carbonyl (C=O) groups is 1. The third-order valence-electron chi connectivity index (χ3n) is 3.17. The Morgan fingerprint density at radius 1 is 1.40 bits per heavy atom. The van der Waals surface area contributed by atoms with Crippen LogP contribution < -0.4 is 15.4 Å². The lowest BCUT2D eigenvalue weighted by Crippen LogP contribution is -2.35. The molecule has 1 saturated heterocycles. The number of anilines is 2. The molecule has 1 heterocycles. The van der Waals surface area contributed by atoms with E-state index in [1.807, 2.05) is 0 Å². The first kappa shape index (κ1) is 14.8. The minimum absolute atomic E-state index is 0.0503. The molecule has 0 unspecified atom stereocenters. The van der Waals surface area contributed by atoms with Crippen LogP contribution in [0.1, 0.15) is 18.4 Å². The molecule has 0 aromatic heterocycles. The zero-order valence-electron chi connectivity index (χ0n) is 11.6. The van der Waals surface area contributed by atoms with E-state index in [0.717, 1.165) is 31.2 Å². The maximum absolute atomic E-state index is 12.0. The highest BCUT2D eigenvalue weighted by atomic mass is 32.2. The molecular weight excluding hydrogens is 278 g/mol. The van der Waals surface area contributed by atoms with Gasteiger partial charge in [-0.2, -0.15) is 0 Å².